The molecule has 2 aromatic rings. The van der Waals surface area contributed by atoms with E-state index in [9.17, 15) is 4.39 Å². The fourth-order valence-corrected chi connectivity index (χ4v) is 2.79. The second-order valence-electron chi connectivity index (χ2n) is 5.15. The van der Waals surface area contributed by atoms with Gasteiger partial charge < -0.3 is 15.2 Å². The van der Waals surface area contributed by atoms with Gasteiger partial charge >= 0.3 is 0 Å². The predicted octanol–water partition coefficient (Wildman–Crippen LogP) is 3.15. The van der Waals surface area contributed by atoms with E-state index in [1.54, 1.807) is 12.1 Å². The van der Waals surface area contributed by atoms with E-state index >= 15 is 0 Å². The van der Waals surface area contributed by atoms with Gasteiger partial charge in [0.2, 0.25) is 0 Å². The van der Waals surface area contributed by atoms with Gasteiger partial charge in [0.15, 0.2) is 0 Å². The van der Waals surface area contributed by atoms with Gasteiger partial charge in [-0.05, 0) is 23.6 Å². The number of ether oxygens (including phenoxy) is 2. The summed E-state index contributed by atoms with van der Waals surface area (Å²) in [6.45, 7) is 0.604. The Balaban J connectivity index is 1.94. The lowest BCUT2D eigenvalue weighted by Crippen LogP contribution is -2.27. The van der Waals surface area contributed by atoms with Crippen LogP contribution < -0.4 is 10.5 Å². The van der Waals surface area contributed by atoms with Gasteiger partial charge in [0.25, 0.3) is 0 Å². The highest BCUT2D eigenvalue weighted by molar-refractivity contribution is 5.36. The predicted molar refractivity (Wildman–Crippen MR) is 78.7 cm³/mol. The highest BCUT2D eigenvalue weighted by atomic mass is 19.1. The molecule has 0 fully saturated rings. The van der Waals surface area contributed by atoms with E-state index < -0.39 is 6.04 Å². The molecule has 0 saturated heterocycles. The minimum absolute atomic E-state index is 0.321. The Kier molecular flexibility index (Phi) is 3.90. The Bertz CT molecular complexity index is 644. The monoisotopic (exact) mass is 287 g/mol. The lowest BCUT2D eigenvalue weighted by molar-refractivity contribution is 0.0233. The topological polar surface area (TPSA) is 44.5 Å². The first-order valence-corrected chi connectivity index (χ1v) is 6.99. The quantitative estimate of drug-likeness (QED) is 0.943. The van der Waals surface area contributed by atoms with Crippen LogP contribution in [-0.4, -0.2) is 13.7 Å². The lowest BCUT2D eigenvalue weighted by atomic mass is 9.90. The molecule has 2 aromatic carbocycles. The van der Waals surface area contributed by atoms with Crippen LogP contribution in [-0.2, 0) is 11.2 Å². The number of hydrogen-bond acceptors (Lipinski definition) is 3. The van der Waals surface area contributed by atoms with Gasteiger partial charge in [-0.25, -0.2) is 4.39 Å². The molecular weight excluding hydrogens is 269 g/mol. The molecule has 21 heavy (non-hydrogen) atoms. The van der Waals surface area contributed by atoms with Crippen LogP contribution in [0.25, 0.3) is 0 Å². The molecule has 3 nitrogen and oxygen atoms in total. The highest BCUT2D eigenvalue weighted by Crippen LogP contribution is 2.36. The zero-order valence-electron chi connectivity index (χ0n) is 11.9. The van der Waals surface area contributed by atoms with Crippen LogP contribution >= 0.6 is 0 Å². The average Bonchev–Trinajstić information content (AvgIpc) is 2.53. The maximum absolute atomic E-state index is 14.2. The number of hydrogen-bond donors (Lipinski definition) is 1. The molecule has 2 unspecified atom stereocenters. The van der Waals surface area contributed by atoms with E-state index in [2.05, 4.69) is 6.07 Å². The molecule has 0 amide bonds. The molecule has 2 atom stereocenters. The largest absolute Gasteiger partial charge is 0.497 e. The van der Waals surface area contributed by atoms with Crippen LogP contribution in [0.5, 0.6) is 5.75 Å². The van der Waals surface area contributed by atoms with Gasteiger partial charge in [0.05, 0.1) is 19.8 Å². The summed E-state index contributed by atoms with van der Waals surface area (Å²) < 4.78 is 25.0. The molecule has 0 saturated carbocycles. The van der Waals surface area contributed by atoms with Crippen molar-refractivity contribution in [1.29, 1.82) is 0 Å². The summed E-state index contributed by atoms with van der Waals surface area (Å²) >= 11 is 0. The first-order valence-electron chi connectivity index (χ1n) is 6.99. The van der Waals surface area contributed by atoms with Crippen LogP contribution in [0.1, 0.15) is 28.8 Å². The van der Waals surface area contributed by atoms with Crippen molar-refractivity contribution in [3.63, 3.8) is 0 Å². The standard InChI is InChI=1S/C17H18FNO2/c1-20-12-6-7-14(15(18)10-12)16(19)17-13-5-3-2-4-11(13)8-9-21-17/h2-7,10,16-17H,8-9,19H2,1H3. The number of halogens is 1. The maximum Gasteiger partial charge on any atom is 0.131 e. The highest BCUT2D eigenvalue weighted by Gasteiger charge is 2.29. The third-order valence-electron chi connectivity index (χ3n) is 3.92. The zero-order chi connectivity index (χ0) is 14.8. The van der Waals surface area contributed by atoms with Crippen molar-refractivity contribution >= 4 is 0 Å². The molecule has 110 valence electrons. The van der Waals surface area contributed by atoms with Crippen molar-refractivity contribution in [1.82, 2.24) is 0 Å². The average molecular weight is 287 g/mol. The van der Waals surface area contributed by atoms with E-state index in [1.807, 2.05) is 18.2 Å². The molecule has 1 aliphatic heterocycles. The van der Waals surface area contributed by atoms with Crippen LogP contribution in [0.3, 0.4) is 0 Å². The Hall–Kier alpha value is -1.91. The molecule has 1 heterocycles. The van der Waals surface area contributed by atoms with E-state index in [4.69, 9.17) is 15.2 Å². The molecule has 2 N–H and O–H groups in total. The Morgan fingerprint density at radius 3 is 2.86 bits per heavy atom. The van der Waals surface area contributed by atoms with Gasteiger partial charge in [-0.1, -0.05) is 30.3 Å². The van der Waals surface area contributed by atoms with Crippen LogP contribution in [0.4, 0.5) is 4.39 Å². The SMILES string of the molecule is COc1ccc(C(N)C2OCCc3ccccc32)c(F)c1. The molecule has 0 spiro atoms. The molecule has 0 radical (unpaired) electrons. The summed E-state index contributed by atoms with van der Waals surface area (Å²) in [6.07, 6.45) is 0.544. The van der Waals surface area contributed by atoms with E-state index in [1.165, 1.54) is 18.7 Å². The second-order valence-corrected chi connectivity index (χ2v) is 5.15. The van der Waals surface area contributed by atoms with Crippen molar-refractivity contribution < 1.29 is 13.9 Å². The first-order chi connectivity index (χ1) is 10.2. The fraction of sp³-hybridized carbons (Fsp3) is 0.294. The van der Waals surface area contributed by atoms with Crippen molar-refractivity contribution in [3.8, 4) is 5.75 Å². The molecule has 0 aromatic heterocycles. The summed E-state index contributed by atoms with van der Waals surface area (Å²) in [5.74, 6) is 0.113. The van der Waals surface area contributed by atoms with Gasteiger partial charge in [-0.2, -0.15) is 0 Å². The van der Waals surface area contributed by atoms with Crippen molar-refractivity contribution in [3.05, 3.63) is 65.0 Å². The van der Waals surface area contributed by atoms with E-state index in [0.717, 1.165) is 12.0 Å². The van der Waals surface area contributed by atoms with E-state index in [0.29, 0.717) is 17.9 Å². The van der Waals surface area contributed by atoms with Crippen LogP contribution in [0.2, 0.25) is 0 Å². The third kappa shape index (κ3) is 2.64. The maximum atomic E-state index is 14.2. The molecular formula is C17H18FNO2. The number of methoxy groups -OCH3 is 1. The summed E-state index contributed by atoms with van der Waals surface area (Å²) in [6, 6.07) is 12.2. The normalized spacial score (nSPS) is 18.9. The van der Waals surface area contributed by atoms with Crippen LogP contribution in [0, 0.1) is 5.82 Å². The minimum atomic E-state index is -0.544. The van der Waals surface area contributed by atoms with Gasteiger partial charge in [-0.3, -0.25) is 0 Å². The Labute approximate surface area is 123 Å². The van der Waals surface area contributed by atoms with Crippen LogP contribution in [0.15, 0.2) is 42.5 Å². The number of rotatable bonds is 3. The Morgan fingerprint density at radius 1 is 1.29 bits per heavy atom. The number of fused-ring (bicyclic) bond motifs is 1. The Morgan fingerprint density at radius 2 is 2.10 bits per heavy atom. The molecule has 0 aliphatic carbocycles. The summed E-state index contributed by atoms with van der Waals surface area (Å²) in [4.78, 5) is 0. The number of nitrogens with two attached hydrogens (primary N) is 1. The zero-order valence-corrected chi connectivity index (χ0v) is 11.9. The van der Waals surface area contributed by atoms with Gasteiger partial charge in [0.1, 0.15) is 17.7 Å². The first kappa shape index (κ1) is 14.0. The molecule has 1 aliphatic rings. The van der Waals surface area contributed by atoms with Crippen molar-refractivity contribution in [2.24, 2.45) is 5.73 Å². The minimum Gasteiger partial charge on any atom is -0.497 e. The smallest absolute Gasteiger partial charge is 0.131 e. The molecule has 0 bridgehead atoms. The third-order valence-corrected chi connectivity index (χ3v) is 3.92. The summed E-state index contributed by atoms with van der Waals surface area (Å²) in [5.41, 5.74) is 8.98. The van der Waals surface area contributed by atoms with Crippen molar-refractivity contribution in [2.75, 3.05) is 13.7 Å². The number of benzene rings is 2. The fourth-order valence-electron chi connectivity index (χ4n) is 2.79. The van der Waals surface area contributed by atoms with Crippen molar-refractivity contribution in [2.45, 2.75) is 18.6 Å². The second kappa shape index (κ2) is 5.84. The summed E-state index contributed by atoms with van der Waals surface area (Å²) in [7, 11) is 1.51. The van der Waals surface area contributed by atoms with E-state index in [-0.39, 0.29) is 11.9 Å². The summed E-state index contributed by atoms with van der Waals surface area (Å²) in [5, 5.41) is 0. The molecule has 4 heteroatoms. The van der Waals surface area contributed by atoms with Gasteiger partial charge in [-0.15, -0.1) is 0 Å². The lowest BCUT2D eigenvalue weighted by Gasteiger charge is -2.30. The molecule has 3 rings (SSSR count). The van der Waals surface area contributed by atoms with Gasteiger partial charge in [0, 0.05) is 11.6 Å².